The summed E-state index contributed by atoms with van der Waals surface area (Å²) < 4.78 is 22.3. The molecule has 298 valence electrons. The van der Waals surface area contributed by atoms with E-state index < -0.39 is 17.8 Å². The van der Waals surface area contributed by atoms with Gasteiger partial charge in [0.1, 0.15) is 12.4 Å². The molecule has 10 heteroatoms. The van der Waals surface area contributed by atoms with Gasteiger partial charge in [0.05, 0.1) is 32.0 Å². The first-order chi connectivity index (χ1) is 25.2. The number of fused-ring (bicyclic) bond motifs is 3. The van der Waals surface area contributed by atoms with Crippen LogP contribution in [0.15, 0.2) is 42.5 Å². The van der Waals surface area contributed by atoms with E-state index in [9.17, 15) is 9.90 Å². The number of pyridine rings is 1. The molecule has 2 aromatic heterocycles. The molecule has 3 heterocycles. The van der Waals surface area contributed by atoms with Crippen molar-refractivity contribution in [2.24, 2.45) is 61.9 Å². The lowest BCUT2D eigenvalue weighted by Gasteiger charge is -2.71. The monoisotopic (exact) mass is 746 g/mol. The molecule has 2 aromatic rings. The van der Waals surface area contributed by atoms with Crippen molar-refractivity contribution in [3.05, 3.63) is 42.5 Å². The van der Waals surface area contributed by atoms with Crippen LogP contribution in [0.3, 0.4) is 0 Å². The first-order valence-corrected chi connectivity index (χ1v) is 20.5. The smallest absolute Gasteiger partial charge is 0.450 e. The Morgan fingerprint density at radius 3 is 2.41 bits per heavy atom. The molecular weight excluding hydrogens is 679 g/mol. The van der Waals surface area contributed by atoms with Gasteiger partial charge in [-0.2, -0.15) is 5.10 Å². The van der Waals surface area contributed by atoms with E-state index in [-0.39, 0.29) is 50.6 Å². The highest BCUT2D eigenvalue weighted by Crippen LogP contribution is 2.74. The molecule has 54 heavy (non-hydrogen) atoms. The minimum atomic E-state index is -1.17. The topological polar surface area (TPSA) is 135 Å². The highest BCUT2D eigenvalue weighted by Gasteiger charge is 2.72. The number of nitrogens with zero attached hydrogens (tertiary/aromatic N) is 4. The Bertz CT molecular complexity index is 1750. The van der Waals surface area contributed by atoms with Crippen molar-refractivity contribution in [1.82, 2.24) is 19.7 Å². The van der Waals surface area contributed by atoms with Crippen molar-refractivity contribution in [3.63, 3.8) is 0 Å². The minimum Gasteiger partial charge on any atom is -0.450 e. The Morgan fingerprint density at radius 2 is 1.76 bits per heavy atom. The zero-order valence-corrected chi connectivity index (χ0v) is 34.8. The zero-order valence-electron chi connectivity index (χ0n) is 34.8. The number of hydrogen-bond acceptors (Lipinski definition) is 8. The second-order valence-corrected chi connectivity index (χ2v) is 20.8. The molecule has 2 bridgehead atoms. The molecule has 10 nitrogen and oxygen atoms in total. The first-order valence-electron chi connectivity index (χ1n) is 20.5. The third-order valence-corrected chi connectivity index (χ3v) is 17.0. The van der Waals surface area contributed by atoms with Gasteiger partial charge < -0.3 is 25.1 Å². The van der Waals surface area contributed by atoms with Crippen molar-refractivity contribution < 1.29 is 24.1 Å². The predicted octanol–water partition coefficient (Wildman–Crippen LogP) is 8.98. The number of hydrogen-bond donors (Lipinski definition) is 2. The fourth-order valence-electron chi connectivity index (χ4n) is 12.5. The lowest BCUT2D eigenvalue weighted by Crippen LogP contribution is -2.70. The average molecular weight is 746 g/mol. The third-order valence-electron chi connectivity index (χ3n) is 17.0. The molecule has 0 spiro atoms. The quantitative estimate of drug-likeness (QED) is 0.201. The van der Waals surface area contributed by atoms with Gasteiger partial charge in [0.25, 0.3) is 0 Å². The van der Waals surface area contributed by atoms with Crippen molar-refractivity contribution in [3.8, 4) is 11.4 Å². The number of rotatable bonds is 8. The Labute approximate surface area is 323 Å². The number of carbonyl (C=O) groups is 1. The molecule has 1 saturated heterocycles. The van der Waals surface area contributed by atoms with Crippen LogP contribution in [-0.4, -0.2) is 68.6 Å². The van der Waals surface area contributed by atoms with Gasteiger partial charge >= 0.3 is 6.16 Å². The summed E-state index contributed by atoms with van der Waals surface area (Å²) in [5.74, 6) is 2.13. The fraction of sp³-hybridized carbons (Fsp3) is 0.773. The molecule has 1 aliphatic heterocycles. The Hall–Kier alpha value is -2.82. The standard InChI is InChI=1S/C44H67N5O5/c1-27(2)28(3)39(7)18-19-41(9)30-12-13-33-40(8)23-52-25-44(33,31(30)14-17-42(41,10)36(39)54-37(50)51)22-32(34(40)53-24-43(11,45)38(4,5)6)49-35(47-26-48-49)29-15-20-46-21-16-29/h14-16,20-21,26-28,30,32-34,36H,12-13,17-19,22-25,45H2,1-11H3,(H,50,51)/t28-,30+,32-,33+,34+,36-,39-,40-,41-,42-,43+,44+/m1/s1. The molecule has 7 rings (SSSR count). The van der Waals surface area contributed by atoms with Crippen LogP contribution in [0.1, 0.15) is 121 Å². The van der Waals surface area contributed by atoms with Gasteiger partial charge in [-0.1, -0.05) is 80.9 Å². The molecule has 0 amide bonds. The average Bonchev–Trinajstić information content (AvgIpc) is 3.59. The van der Waals surface area contributed by atoms with E-state index in [1.807, 2.05) is 12.1 Å². The second kappa shape index (κ2) is 13.1. The van der Waals surface area contributed by atoms with Crippen LogP contribution < -0.4 is 5.73 Å². The summed E-state index contributed by atoms with van der Waals surface area (Å²) in [6.07, 6.45) is 11.7. The van der Waals surface area contributed by atoms with E-state index in [1.54, 1.807) is 18.7 Å². The maximum Gasteiger partial charge on any atom is 0.506 e. The van der Waals surface area contributed by atoms with Crippen molar-refractivity contribution in [2.75, 3.05) is 19.8 Å². The number of allylic oxidation sites excluding steroid dienone is 1. The van der Waals surface area contributed by atoms with Gasteiger partial charge in [-0.15, -0.1) is 0 Å². The van der Waals surface area contributed by atoms with Crippen LogP contribution in [-0.2, 0) is 14.2 Å². The normalized spacial score (nSPS) is 40.8. The minimum absolute atomic E-state index is 0.123. The van der Waals surface area contributed by atoms with Gasteiger partial charge in [0.15, 0.2) is 5.82 Å². The van der Waals surface area contributed by atoms with Gasteiger partial charge in [-0.3, -0.25) is 4.98 Å². The van der Waals surface area contributed by atoms with Crippen LogP contribution in [0.25, 0.3) is 11.4 Å². The van der Waals surface area contributed by atoms with E-state index in [0.717, 1.165) is 49.9 Å². The largest absolute Gasteiger partial charge is 0.506 e. The number of ether oxygens (including phenoxy) is 3. The SMILES string of the molecule is CC(C)[C@@H](C)[C@@]1(C)CC[C@]2(C)[C@H]3CC[C@@H]4[C@@]5(COC[C@@]4(C)[C@@H](OC[C@](C)(N)C(C)(C)C)[C@H](n4ncnc4-c4ccncc4)C5)C3=CC[C@]2(C)[C@@H]1OC(=O)O. The van der Waals surface area contributed by atoms with Crippen LogP contribution in [0.4, 0.5) is 4.79 Å². The Balaban J connectivity index is 1.35. The van der Waals surface area contributed by atoms with Gasteiger partial charge in [0.2, 0.25) is 0 Å². The summed E-state index contributed by atoms with van der Waals surface area (Å²) in [6.45, 7) is 26.6. The van der Waals surface area contributed by atoms with E-state index in [4.69, 9.17) is 30.0 Å². The number of carboxylic acid groups (broad SMARTS) is 1. The molecular formula is C44H67N5O5. The third kappa shape index (κ3) is 5.65. The highest BCUT2D eigenvalue weighted by atomic mass is 16.7. The zero-order chi connectivity index (χ0) is 39.3. The summed E-state index contributed by atoms with van der Waals surface area (Å²) in [4.78, 5) is 21.6. The Kier molecular flexibility index (Phi) is 9.58. The summed E-state index contributed by atoms with van der Waals surface area (Å²) in [5, 5.41) is 15.2. The molecule has 3 saturated carbocycles. The summed E-state index contributed by atoms with van der Waals surface area (Å²) in [5.41, 5.74) is 7.41. The lowest BCUT2D eigenvalue weighted by atomic mass is 9.35. The predicted molar refractivity (Wildman–Crippen MR) is 209 cm³/mol. The van der Waals surface area contributed by atoms with Crippen molar-refractivity contribution in [2.45, 2.75) is 138 Å². The summed E-state index contributed by atoms with van der Waals surface area (Å²) in [7, 11) is 0. The Morgan fingerprint density at radius 1 is 1.06 bits per heavy atom. The molecule has 4 aliphatic carbocycles. The first kappa shape index (κ1) is 39.4. The van der Waals surface area contributed by atoms with Gasteiger partial charge in [-0.25, -0.2) is 14.5 Å². The molecule has 0 unspecified atom stereocenters. The van der Waals surface area contributed by atoms with Crippen molar-refractivity contribution >= 4 is 6.16 Å². The maximum absolute atomic E-state index is 12.5. The second-order valence-electron chi connectivity index (χ2n) is 20.8. The molecule has 3 N–H and O–H groups in total. The number of nitrogens with two attached hydrogens (primary N) is 1. The van der Waals surface area contributed by atoms with Gasteiger partial charge in [-0.05, 0) is 92.1 Å². The van der Waals surface area contributed by atoms with E-state index >= 15 is 0 Å². The number of aromatic nitrogens is 4. The van der Waals surface area contributed by atoms with E-state index in [0.29, 0.717) is 37.6 Å². The maximum atomic E-state index is 12.5. The summed E-state index contributed by atoms with van der Waals surface area (Å²) in [6, 6.07) is 3.87. The van der Waals surface area contributed by atoms with Crippen LogP contribution in [0.5, 0.6) is 0 Å². The van der Waals surface area contributed by atoms with E-state index in [2.05, 4.69) is 91.9 Å². The lowest BCUT2D eigenvalue weighted by molar-refractivity contribution is -0.257. The highest BCUT2D eigenvalue weighted by molar-refractivity contribution is 5.57. The fourth-order valence-corrected chi connectivity index (χ4v) is 12.5. The van der Waals surface area contributed by atoms with Crippen LogP contribution in [0.2, 0.25) is 0 Å². The molecule has 4 fully saturated rings. The molecule has 0 aromatic carbocycles. The van der Waals surface area contributed by atoms with Crippen molar-refractivity contribution in [1.29, 1.82) is 0 Å². The molecule has 0 radical (unpaired) electrons. The molecule has 12 atom stereocenters. The van der Waals surface area contributed by atoms with Crippen LogP contribution >= 0.6 is 0 Å². The van der Waals surface area contributed by atoms with Gasteiger partial charge in [0, 0.05) is 45.2 Å². The molecule has 5 aliphatic rings. The van der Waals surface area contributed by atoms with E-state index in [1.165, 1.54) is 5.57 Å². The van der Waals surface area contributed by atoms with Crippen LogP contribution in [0, 0.1) is 56.2 Å². The summed E-state index contributed by atoms with van der Waals surface area (Å²) >= 11 is 0.